The van der Waals surface area contributed by atoms with Crippen LogP contribution in [0.4, 0.5) is 5.82 Å². The molecule has 0 aromatic carbocycles. The van der Waals surface area contributed by atoms with Crippen LogP contribution in [-0.4, -0.2) is 14.7 Å². The van der Waals surface area contributed by atoms with Crippen LogP contribution in [-0.2, 0) is 5.75 Å². The van der Waals surface area contributed by atoms with Crippen molar-refractivity contribution in [3.63, 3.8) is 0 Å². The fourth-order valence-corrected chi connectivity index (χ4v) is 3.48. The molecule has 0 saturated heterocycles. The summed E-state index contributed by atoms with van der Waals surface area (Å²) in [6.07, 6.45) is 0. The van der Waals surface area contributed by atoms with Crippen LogP contribution < -0.4 is 11.3 Å². The first-order chi connectivity index (χ1) is 8.81. The number of rotatable bonds is 3. The van der Waals surface area contributed by atoms with E-state index in [-0.39, 0.29) is 4.75 Å². The zero-order chi connectivity index (χ0) is 14.2. The molecule has 0 amide bonds. The van der Waals surface area contributed by atoms with Crippen molar-refractivity contribution < 1.29 is 0 Å². The molecule has 2 rings (SSSR count). The molecule has 0 spiro atoms. The van der Waals surface area contributed by atoms with E-state index in [0.717, 1.165) is 27.6 Å². The minimum atomic E-state index is 0.204. The number of hydrazine groups is 1. The zero-order valence-corrected chi connectivity index (χ0v) is 13.6. The number of fused-ring (bicyclic) bond motifs is 1. The summed E-state index contributed by atoms with van der Waals surface area (Å²) in [4.78, 5) is 11.5. The molecule has 0 aliphatic heterocycles. The molecule has 0 saturated carbocycles. The SMILES string of the molecule is Cc1sc2nc(CSC(C)(C)C)nc(NN)c2c1C. The molecule has 0 fully saturated rings. The van der Waals surface area contributed by atoms with E-state index in [2.05, 4.69) is 50.0 Å². The van der Waals surface area contributed by atoms with Gasteiger partial charge in [-0.1, -0.05) is 20.8 Å². The number of thioether (sulfide) groups is 1. The molecule has 0 atom stereocenters. The second-order valence-electron chi connectivity index (χ2n) is 5.50. The first kappa shape index (κ1) is 14.6. The summed E-state index contributed by atoms with van der Waals surface area (Å²) >= 11 is 3.54. The van der Waals surface area contributed by atoms with Crippen molar-refractivity contribution >= 4 is 39.1 Å². The second kappa shape index (κ2) is 5.26. The van der Waals surface area contributed by atoms with Gasteiger partial charge in [0.25, 0.3) is 0 Å². The second-order valence-corrected chi connectivity index (χ2v) is 8.50. The zero-order valence-electron chi connectivity index (χ0n) is 12.0. The molecule has 104 valence electrons. The lowest BCUT2D eigenvalue weighted by molar-refractivity contribution is 0.800. The van der Waals surface area contributed by atoms with E-state index in [1.54, 1.807) is 11.3 Å². The highest BCUT2D eigenvalue weighted by Crippen LogP contribution is 2.34. The fourth-order valence-electron chi connectivity index (χ4n) is 1.74. The van der Waals surface area contributed by atoms with Gasteiger partial charge in [0.2, 0.25) is 0 Å². The molecule has 0 aliphatic rings. The maximum atomic E-state index is 5.60. The van der Waals surface area contributed by atoms with Gasteiger partial charge in [-0.25, -0.2) is 15.8 Å². The quantitative estimate of drug-likeness (QED) is 0.669. The van der Waals surface area contributed by atoms with E-state index >= 15 is 0 Å². The molecular weight excluding hydrogens is 276 g/mol. The van der Waals surface area contributed by atoms with Crippen molar-refractivity contribution in [2.75, 3.05) is 5.43 Å². The summed E-state index contributed by atoms with van der Waals surface area (Å²) in [6, 6.07) is 0. The van der Waals surface area contributed by atoms with Gasteiger partial charge in [0.05, 0.1) is 11.1 Å². The molecule has 2 aromatic rings. The van der Waals surface area contributed by atoms with Crippen LogP contribution in [0.1, 0.15) is 37.0 Å². The summed E-state index contributed by atoms with van der Waals surface area (Å²) in [7, 11) is 0. The first-order valence-electron chi connectivity index (χ1n) is 6.19. The van der Waals surface area contributed by atoms with Crippen LogP contribution in [0, 0.1) is 13.8 Å². The third kappa shape index (κ3) is 3.19. The number of hydrogen-bond donors (Lipinski definition) is 2. The van der Waals surface area contributed by atoms with Crippen LogP contribution in [0.5, 0.6) is 0 Å². The van der Waals surface area contributed by atoms with Crippen LogP contribution in [0.2, 0.25) is 0 Å². The average molecular weight is 296 g/mol. The third-order valence-electron chi connectivity index (χ3n) is 2.85. The Morgan fingerprint density at radius 1 is 1.26 bits per heavy atom. The maximum Gasteiger partial charge on any atom is 0.152 e. The molecule has 3 N–H and O–H groups in total. The first-order valence-corrected chi connectivity index (χ1v) is 7.99. The number of thiophene rings is 1. The highest BCUT2D eigenvalue weighted by molar-refractivity contribution is 7.99. The lowest BCUT2D eigenvalue weighted by Gasteiger charge is -2.17. The van der Waals surface area contributed by atoms with Gasteiger partial charge in [-0.2, -0.15) is 0 Å². The van der Waals surface area contributed by atoms with Gasteiger partial charge < -0.3 is 5.43 Å². The topological polar surface area (TPSA) is 63.8 Å². The summed E-state index contributed by atoms with van der Waals surface area (Å²) in [6.45, 7) is 10.8. The molecule has 0 bridgehead atoms. The van der Waals surface area contributed by atoms with Crippen LogP contribution in [0.3, 0.4) is 0 Å². The molecular formula is C13H20N4S2. The molecule has 19 heavy (non-hydrogen) atoms. The standard InChI is InChI=1S/C13H20N4S2/c1-7-8(2)19-12-10(7)11(17-14)15-9(16-12)6-18-13(3,4)5/h6,14H2,1-5H3,(H,15,16,17). The van der Waals surface area contributed by atoms with E-state index in [0.29, 0.717) is 0 Å². The molecule has 0 radical (unpaired) electrons. The van der Waals surface area contributed by atoms with E-state index < -0.39 is 0 Å². The Bertz CT molecular complexity index is 599. The monoisotopic (exact) mass is 296 g/mol. The predicted molar refractivity (Wildman–Crippen MR) is 85.7 cm³/mol. The summed E-state index contributed by atoms with van der Waals surface area (Å²) in [5, 5.41) is 1.05. The van der Waals surface area contributed by atoms with Crippen molar-refractivity contribution in [3.05, 3.63) is 16.3 Å². The smallest absolute Gasteiger partial charge is 0.152 e. The Kier molecular flexibility index (Phi) is 4.03. The molecule has 0 aliphatic carbocycles. The normalized spacial score (nSPS) is 12.1. The number of aryl methyl sites for hydroxylation is 2. The molecule has 2 heterocycles. The molecule has 2 aromatic heterocycles. The van der Waals surface area contributed by atoms with Crippen molar-refractivity contribution in [3.8, 4) is 0 Å². The van der Waals surface area contributed by atoms with Crippen molar-refractivity contribution in [2.45, 2.75) is 45.1 Å². The van der Waals surface area contributed by atoms with Crippen LogP contribution in [0.25, 0.3) is 10.2 Å². The van der Waals surface area contributed by atoms with Crippen molar-refractivity contribution in [1.82, 2.24) is 9.97 Å². The number of anilines is 1. The lowest BCUT2D eigenvalue weighted by Crippen LogP contribution is -2.12. The minimum absolute atomic E-state index is 0.204. The summed E-state index contributed by atoms with van der Waals surface area (Å²) in [5.74, 6) is 7.97. The Morgan fingerprint density at radius 3 is 2.53 bits per heavy atom. The van der Waals surface area contributed by atoms with Gasteiger partial charge in [0.1, 0.15) is 10.7 Å². The number of aromatic nitrogens is 2. The fraction of sp³-hybridized carbons (Fsp3) is 0.538. The van der Waals surface area contributed by atoms with Gasteiger partial charge in [-0.3, -0.25) is 0 Å². The van der Waals surface area contributed by atoms with Crippen molar-refractivity contribution in [1.29, 1.82) is 0 Å². The minimum Gasteiger partial charge on any atom is -0.308 e. The highest BCUT2D eigenvalue weighted by atomic mass is 32.2. The van der Waals surface area contributed by atoms with E-state index in [1.165, 1.54) is 10.4 Å². The van der Waals surface area contributed by atoms with Crippen molar-refractivity contribution in [2.24, 2.45) is 5.84 Å². The largest absolute Gasteiger partial charge is 0.308 e. The molecule has 4 nitrogen and oxygen atoms in total. The average Bonchev–Trinajstić information content (AvgIpc) is 2.61. The highest BCUT2D eigenvalue weighted by Gasteiger charge is 2.16. The molecule has 6 heteroatoms. The third-order valence-corrected chi connectivity index (χ3v) is 5.22. The number of nitrogens with two attached hydrogens (primary N) is 1. The summed E-state index contributed by atoms with van der Waals surface area (Å²) in [5.41, 5.74) is 3.92. The van der Waals surface area contributed by atoms with Gasteiger partial charge >= 0.3 is 0 Å². The van der Waals surface area contributed by atoms with E-state index in [9.17, 15) is 0 Å². The van der Waals surface area contributed by atoms with Gasteiger partial charge in [0.15, 0.2) is 5.82 Å². The number of nitrogen functional groups attached to an aromatic ring is 1. The Balaban J connectivity index is 2.42. The van der Waals surface area contributed by atoms with Gasteiger partial charge in [0, 0.05) is 9.62 Å². The maximum absolute atomic E-state index is 5.60. The summed E-state index contributed by atoms with van der Waals surface area (Å²) < 4.78 is 0.204. The predicted octanol–water partition coefficient (Wildman–Crippen LogP) is 3.63. The van der Waals surface area contributed by atoms with Crippen LogP contribution in [0.15, 0.2) is 0 Å². The Morgan fingerprint density at radius 2 is 1.95 bits per heavy atom. The molecule has 0 unspecified atom stereocenters. The van der Waals surface area contributed by atoms with E-state index in [4.69, 9.17) is 5.84 Å². The van der Waals surface area contributed by atoms with Gasteiger partial charge in [-0.15, -0.1) is 23.1 Å². The van der Waals surface area contributed by atoms with Crippen LogP contribution >= 0.6 is 23.1 Å². The van der Waals surface area contributed by atoms with Gasteiger partial charge in [-0.05, 0) is 19.4 Å². The Labute approximate surface area is 122 Å². The number of nitrogens with one attached hydrogen (secondary N) is 1. The lowest BCUT2D eigenvalue weighted by atomic mass is 10.2. The Hall–Kier alpha value is -0.850. The number of nitrogens with zero attached hydrogens (tertiary/aromatic N) is 2. The van der Waals surface area contributed by atoms with E-state index in [1.807, 2.05) is 11.8 Å². The number of hydrogen-bond acceptors (Lipinski definition) is 6.